The molecule has 6 heteroatoms. The summed E-state index contributed by atoms with van der Waals surface area (Å²) in [5, 5.41) is 8.93. The highest BCUT2D eigenvalue weighted by atomic mass is 19.4. The molecule has 0 amide bonds. The summed E-state index contributed by atoms with van der Waals surface area (Å²) in [7, 11) is 0.851. The first-order valence-electron chi connectivity index (χ1n) is 3.67. The van der Waals surface area contributed by atoms with Gasteiger partial charge in [0.15, 0.2) is 5.92 Å². The third kappa shape index (κ3) is 3.22. The summed E-state index contributed by atoms with van der Waals surface area (Å²) in [6.07, 6.45) is -6.66. The zero-order valence-electron chi connectivity index (χ0n) is 7.26. The first-order valence-corrected chi connectivity index (χ1v) is 3.67. The fourth-order valence-electron chi connectivity index (χ4n) is 0.872. The van der Waals surface area contributed by atoms with E-state index >= 15 is 0 Å². The minimum absolute atomic E-state index is 0.153. The molecule has 0 aromatic rings. The predicted octanol–water partition coefficient (Wildman–Crippen LogP) is 1.11. The maximum Gasteiger partial charge on any atom is 0.404 e. The van der Waals surface area contributed by atoms with E-state index in [4.69, 9.17) is 5.11 Å². The fourth-order valence-corrected chi connectivity index (χ4v) is 0.872. The summed E-state index contributed by atoms with van der Waals surface area (Å²) in [6.45, 7) is 1.35. The van der Waals surface area contributed by atoms with E-state index in [2.05, 4.69) is 4.74 Å². The van der Waals surface area contributed by atoms with Crippen LogP contribution in [-0.4, -0.2) is 30.5 Å². The molecular weight excluding hydrogens is 189 g/mol. The van der Waals surface area contributed by atoms with Gasteiger partial charge in [-0.25, -0.2) is 0 Å². The van der Waals surface area contributed by atoms with Gasteiger partial charge in [-0.2, -0.15) is 13.2 Å². The van der Waals surface area contributed by atoms with Crippen molar-refractivity contribution in [3.05, 3.63) is 0 Å². The van der Waals surface area contributed by atoms with Crippen LogP contribution in [0.1, 0.15) is 13.3 Å². The van der Waals surface area contributed by atoms with Crippen LogP contribution >= 0.6 is 0 Å². The van der Waals surface area contributed by atoms with E-state index in [0.29, 0.717) is 0 Å². The number of methoxy groups -OCH3 is 1. The SMILES string of the molecule is CC[C@@H](O)[C@@H](C(=O)OC)C(F)(F)F. The second kappa shape index (κ2) is 4.45. The minimum Gasteiger partial charge on any atom is -0.468 e. The molecule has 0 radical (unpaired) electrons. The van der Waals surface area contributed by atoms with Crippen molar-refractivity contribution in [2.75, 3.05) is 7.11 Å². The number of esters is 1. The summed E-state index contributed by atoms with van der Waals surface area (Å²) in [5.74, 6) is -3.90. The smallest absolute Gasteiger partial charge is 0.404 e. The van der Waals surface area contributed by atoms with Gasteiger partial charge in [0.25, 0.3) is 0 Å². The van der Waals surface area contributed by atoms with Crippen LogP contribution in [-0.2, 0) is 9.53 Å². The first kappa shape index (κ1) is 12.2. The van der Waals surface area contributed by atoms with Crippen molar-refractivity contribution < 1.29 is 27.8 Å². The van der Waals surface area contributed by atoms with E-state index in [1.165, 1.54) is 6.92 Å². The lowest BCUT2D eigenvalue weighted by atomic mass is 10.0. The maximum atomic E-state index is 12.1. The number of hydrogen-bond acceptors (Lipinski definition) is 3. The molecule has 0 aliphatic carbocycles. The number of carbonyl (C=O) groups is 1. The molecule has 78 valence electrons. The van der Waals surface area contributed by atoms with E-state index in [9.17, 15) is 18.0 Å². The van der Waals surface area contributed by atoms with Crippen molar-refractivity contribution in [3.8, 4) is 0 Å². The van der Waals surface area contributed by atoms with Crippen LogP contribution in [0.15, 0.2) is 0 Å². The molecule has 0 aliphatic rings. The highest BCUT2D eigenvalue weighted by molar-refractivity contribution is 5.73. The third-order valence-electron chi connectivity index (χ3n) is 1.61. The van der Waals surface area contributed by atoms with Gasteiger partial charge >= 0.3 is 12.1 Å². The molecule has 0 fully saturated rings. The van der Waals surface area contributed by atoms with Crippen LogP contribution in [0.3, 0.4) is 0 Å². The number of aliphatic hydroxyl groups is 1. The molecule has 0 heterocycles. The summed E-state index contributed by atoms with van der Waals surface area (Å²) in [6, 6.07) is 0. The summed E-state index contributed by atoms with van der Waals surface area (Å²) < 4.78 is 40.3. The second-order valence-corrected chi connectivity index (χ2v) is 2.52. The number of hydrogen-bond donors (Lipinski definition) is 1. The van der Waals surface area contributed by atoms with E-state index in [0.717, 1.165) is 7.11 Å². The highest BCUT2D eigenvalue weighted by Gasteiger charge is 2.49. The van der Waals surface area contributed by atoms with Crippen LogP contribution in [0.5, 0.6) is 0 Å². The molecule has 3 nitrogen and oxygen atoms in total. The average Bonchev–Trinajstić information content (AvgIpc) is 2.01. The molecule has 0 spiro atoms. The molecule has 0 unspecified atom stereocenters. The Labute approximate surface area is 73.5 Å². The van der Waals surface area contributed by atoms with Crippen LogP contribution in [0.25, 0.3) is 0 Å². The molecule has 0 saturated heterocycles. The molecule has 1 N–H and O–H groups in total. The Kier molecular flexibility index (Phi) is 4.19. The highest BCUT2D eigenvalue weighted by Crippen LogP contribution is 2.30. The van der Waals surface area contributed by atoms with Crippen molar-refractivity contribution in [1.29, 1.82) is 0 Å². The van der Waals surface area contributed by atoms with Gasteiger partial charge in [-0.05, 0) is 6.42 Å². The second-order valence-electron chi connectivity index (χ2n) is 2.52. The largest absolute Gasteiger partial charge is 0.468 e. The summed E-state index contributed by atoms with van der Waals surface area (Å²) in [4.78, 5) is 10.7. The fraction of sp³-hybridized carbons (Fsp3) is 0.857. The third-order valence-corrected chi connectivity index (χ3v) is 1.61. The Morgan fingerprint density at radius 3 is 2.23 bits per heavy atom. The number of halogens is 3. The lowest BCUT2D eigenvalue weighted by molar-refractivity contribution is -0.213. The van der Waals surface area contributed by atoms with Gasteiger partial charge in [0, 0.05) is 0 Å². The topological polar surface area (TPSA) is 46.5 Å². The number of aliphatic hydroxyl groups excluding tert-OH is 1. The molecular formula is C7H11F3O3. The van der Waals surface area contributed by atoms with Crippen molar-refractivity contribution in [2.24, 2.45) is 5.92 Å². The van der Waals surface area contributed by atoms with Gasteiger partial charge in [0.2, 0.25) is 0 Å². The van der Waals surface area contributed by atoms with Gasteiger partial charge in [-0.1, -0.05) is 6.92 Å². The van der Waals surface area contributed by atoms with Gasteiger partial charge < -0.3 is 9.84 Å². The van der Waals surface area contributed by atoms with E-state index in [1.54, 1.807) is 0 Å². The molecule has 0 rings (SSSR count). The van der Waals surface area contributed by atoms with Crippen LogP contribution in [0.4, 0.5) is 13.2 Å². The zero-order chi connectivity index (χ0) is 10.6. The number of rotatable bonds is 3. The zero-order valence-corrected chi connectivity index (χ0v) is 7.26. The Hall–Kier alpha value is -0.780. The van der Waals surface area contributed by atoms with Gasteiger partial charge in [-0.3, -0.25) is 4.79 Å². The minimum atomic E-state index is -4.76. The quantitative estimate of drug-likeness (QED) is 0.694. The average molecular weight is 200 g/mol. The van der Waals surface area contributed by atoms with Gasteiger partial charge in [-0.15, -0.1) is 0 Å². The van der Waals surface area contributed by atoms with Crippen molar-refractivity contribution in [2.45, 2.75) is 25.6 Å². The molecule has 0 bridgehead atoms. The number of carbonyl (C=O) groups excluding carboxylic acids is 1. The molecule has 0 aromatic heterocycles. The van der Waals surface area contributed by atoms with Crippen LogP contribution < -0.4 is 0 Å². The van der Waals surface area contributed by atoms with E-state index in [-0.39, 0.29) is 6.42 Å². The molecule has 13 heavy (non-hydrogen) atoms. The van der Waals surface area contributed by atoms with E-state index < -0.39 is 24.2 Å². The van der Waals surface area contributed by atoms with Crippen LogP contribution in [0.2, 0.25) is 0 Å². The first-order chi connectivity index (χ1) is 5.84. The van der Waals surface area contributed by atoms with Crippen molar-refractivity contribution in [1.82, 2.24) is 0 Å². The molecule has 0 aliphatic heterocycles. The number of alkyl halides is 3. The van der Waals surface area contributed by atoms with Crippen molar-refractivity contribution in [3.63, 3.8) is 0 Å². The Morgan fingerprint density at radius 1 is 1.54 bits per heavy atom. The number of ether oxygens (including phenoxy) is 1. The standard InChI is InChI=1S/C7H11F3O3/c1-3-4(11)5(6(12)13-2)7(8,9)10/h4-5,11H,3H2,1-2H3/t4-,5+/m1/s1. The molecule has 0 saturated carbocycles. The summed E-state index contributed by atoms with van der Waals surface area (Å²) >= 11 is 0. The lowest BCUT2D eigenvalue weighted by Crippen LogP contribution is -2.40. The Morgan fingerprint density at radius 2 is 2.00 bits per heavy atom. The van der Waals surface area contributed by atoms with E-state index in [1.807, 2.05) is 0 Å². The van der Waals surface area contributed by atoms with Crippen molar-refractivity contribution >= 4 is 5.97 Å². The molecule has 0 aromatic carbocycles. The predicted molar refractivity (Wildman–Crippen MR) is 37.9 cm³/mol. The lowest BCUT2D eigenvalue weighted by Gasteiger charge is -2.21. The summed E-state index contributed by atoms with van der Waals surface area (Å²) in [5.41, 5.74) is 0. The monoisotopic (exact) mass is 200 g/mol. The van der Waals surface area contributed by atoms with Gasteiger partial charge in [0.05, 0.1) is 13.2 Å². The van der Waals surface area contributed by atoms with Crippen LogP contribution in [0, 0.1) is 5.92 Å². The Bertz CT molecular complexity index is 178. The Balaban J connectivity index is 4.65. The normalized spacial score (nSPS) is 16.5. The molecule has 2 atom stereocenters. The van der Waals surface area contributed by atoms with Gasteiger partial charge in [0.1, 0.15) is 0 Å². The maximum absolute atomic E-state index is 12.1.